The van der Waals surface area contributed by atoms with E-state index in [1.807, 2.05) is 18.2 Å². The second-order valence-electron chi connectivity index (χ2n) is 8.39. The number of phenolic OH excluding ortho intramolecular Hbond substituents is 1. The highest BCUT2D eigenvalue weighted by molar-refractivity contribution is 6.35. The average Bonchev–Trinajstić information content (AvgIpc) is 3.28. The van der Waals surface area contributed by atoms with Gasteiger partial charge in [0.1, 0.15) is 5.75 Å². The van der Waals surface area contributed by atoms with Gasteiger partial charge in [0.2, 0.25) is 0 Å². The Hall–Kier alpha value is -2.21. The minimum Gasteiger partial charge on any atom is -0.506 e. The van der Waals surface area contributed by atoms with Gasteiger partial charge in [0.25, 0.3) is 5.91 Å². The van der Waals surface area contributed by atoms with Crippen molar-refractivity contribution >= 4 is 34.8 Å². The molecule has 2 aromatic rings. The summed E-state index contributed by atoms with van der Waals surface area (Å²) in [7, 11) is 0. The van der Waals surface area contributed by atoms with Crippen LogP contribution in [0.25, 0.3) is 0 Å². The minimum atomic E-state index is -0.132. The molecule has 170 valence electrons. The largest absolute Gasteiger partial charge is 0.506 e. The lowest BCUT2D eigenvalue weighted by Gasteiger charge is -2.38. The number of nitrogens with one attached hydrogen (secondary N) is 2. The van der Waals surface area contributed by atoms with Gasteiger partial charge in [-0.15, -0.1) is 0 Å². The van der Waals surface area contributed by atoms with Gasteiger partial charge in [0, 0.05) is 40.8 Å². The molecule has 2 aromatic carbocycles. The van der Waals surface area contributed by atoms with Crippen LogP contribution in [-0.2, 0) is 0 Å². The lowest BCUT2D eigenvalue weighted by Crippen LogP contribution is -2.35. The summed E-state index contributed by atoms with van der Waals surface area (Å²) in [5, 5.41) is 18.0. The Kier molecular flexibility index (Phi) is 6.99. The number of anilines is 1. The molecule has 0 fully saturated rings. The van der Waals surface area contributed by atoms with E-state index in [0.717, 1.165) is 37.3 Å². The number of halogens is 2. The molecule has 1 heterocycles. The topological polar surface area (TPSA) is 64.6 Å². The van der Waals surface area contributed by atoms with Crippen molar-refractivity contribution in [1.82, 2.24) is 10.2 Å². The monoisotopic (exact) mass is 473 g/mol. The van der Waals surface area contributed by atoms with Crippen LogP contribution in [0.2, 0.25) is 10.0 Å². The first-order chi connectivity index (χ1) is 15.4. The van der Waals surface area contributed by atoms with Crippen LogP contribution >= 0.6 is 23.2 Å². The number of hydrogen-bond donors (Lipinski definition) is 3. The lowest BCUT2D eigenvalue weighted by atomic mass is 9.76. The third-order valence-electron chi connectivity index (χ3n) is 6.63. The van der Waals surface area contributed by atoms with E-state index in [1.54, 1.807) is 12.1 Å². The number of allylic oxidation sites excluding steroid dienone is 2. The highest BCUT2D eigenvalue weighted by Crippen LogP contribution is 2.52. The molecule has 32 heavy (non-hydrogen) atoms. The molecule has 0 spiro atoms. The highest BCUT2D eigenvalue weighted by Gasteiger charge is 2.39. The Morgan fingerprint density at radius 3 is 2.72 bits per heavy atom. The SMILES string of the molecule is CCN(CC)CCNC(=O)c1ccc2c(c1)C1C=CCC1C(c1cc(Cl)cc(Cl)c1O)N2. The summed E-state index contributed by atoms with van der Waals surface area (Å²) in [6.45, 7) is 7.65. The van der Waals surface area contributed by atoms with Gasteiger partial charge in [-0.25, -0.2) is 0 Å². The Morgan fingerprint density at radius 2 is 1.97 bits per heavy atom. The fraction of sp³-hybridized carbons (Fsp3) is 0.400. The molecule has 3 N–H and O–H groups in total. The second-order valence-corrected chi connectivity index (χ2v) is 9.23. The van der Waals surface area contributed by atoms with Crippen molar-refractivity contribution in [2.45, 2.75) is 32.2 Å². The van der Waals surface area contributed by atoms with Crippen LogP contribution in [0.1, 0.15) is 53.7 Å². The molecule has 0 radical (unpaired) electrons. The summed E-state index contributed by atoms with van der Waals surface area (Å²) in [5.74, 6) is 0.354. The first kappa shape index (κ1) is 23.0. The van der Waals surface area contributed by atoms with Crippen LogP contribution in [0.5, 0.6) is 5.75 Å². The van der Waals surface area contributed by atoms with Gasteiger partial charge in [-0.05, 0) is 61.3 Å². The predicted molar refractivity (Wildman–Crippen MR) is 131 cm³/mol. The summed E-state index contributed by atoms with van der Waals surface area (Å²) in [4.78, 5) is 15.0. The number of hydrogen-bond acceptors (Lipinski definition) is 4. The Bertz CT molecular complexity index is 1040. The molecule has 5 nitrogen and oxygen atoms in total. The predicted octanol–water partition coefficient (Wildman–Crippen LogP) is 5.60. The normalized spacial score (nSPS) is 21.2. The Labute approximate surface area is 199 Å². The van der Waals surface area contributed by atoms with Crippen molar-refractivity contribution in [2.75, 3.05) is 31.5 Å². The maximum Gasteiger partial charge on any atom is 0.251 e. The zero-order chi connectivity index (χ0) is 22.8. The van der Waals surface area contributed by atoms with Crippen LogP contribution in [0, 0.1) is 5.92 Å². The van der Waals surface area contributed by atoms with Gasteiger partial charge >= 0.3 is 0 Å². The van der Waals surface area contributed by atoms with Gasteiger partial charge in [-0.3, -0.25) is 4.79 Å². The van der Waals surface area contributed by atoms with Crippen LogP contribution < -0.4 is 10.6 Å². The van der Waals surface area contributed by atoms with E-state index >= 15 is 0 Å². The molecule has 4 rings (SSSR count). The van der Waals surface area contributed by atoms with Crippen LogP contribution in [0.4, 0.5) is 5.69 Å². The number of phenols is 1. The molecular formula is C25H29Cl2N3O2. The zero-order valence-electron chi connectivity index (χ0n) is 18.4. The standard InChI is InChI=1S/C25H29Cl2N3O2/c1-3-30(4-2)11-10-28-25(32)15-8-9-22-19(12-15)17-6-5-7-18(17)23(29-22)20-13-16(26)14-21(27)24(20)31/h5-6,8-9,12-14,17-18,23,29,31H,3-4,7,10-11H2,1-2H3,(H,28,32). The Balaban J connectivity index is 1.57. The fourth-order valence-electron chi connectivity index (χ4n) is 4.84. The first-order valence-electron chi connectivity index (χ1n) is 11.2. The molecular weight excluding hydrogens is 445 g/mol. The van der Waals surface area contributed by atoms with E-state index in [9.17, 15) is 9.90 Å². The average molecular weight is 474 g/mol. The first-order valence-corrected chi connectivity index (χ1v) is 11.9. The number of fused-ring (bicyclic) bond motifs is 3. The van der Waals surface area contributed by atoms with Crippen LogP contribution in [0.15, 0.2) is 42.5 Å². The fourth-order valence-corrected chi connectivity index (χ4v) is 5.35. The number of carbonyl (C=O) groups is 1. The number of amides is 1. The van der Waals surface area contributed by atoms with E-state index in [1.165, 1.54) is 0 Å². The van der Waals surface area contributed by atoms with Gasteiger partial charge in [0.15, 0.2) is 0 Å². The Morgan fingerprint density at radius 1 is 1.19 bits per heavy atom. The quantitative estimate of drug-likeness (QED) is 0.458. The minimum absolute atomic E-state index is 0.0557. The highest BCUT2D eigenvalue weighted by atomic mass is 35.5. The molecule has 3 atom stereocenters. The summed E-state index contributed by atoms with van der Waals surface area (Å²) in [6, 6.07) is 8.98. The summed E-state index contributed by atoms with van der Waals surface area (Å²) >= 11 is 12.4. The number of aromatic hydroxyl groups is 1. The van der Waals surface area contributed by atoms with E-state index in [-0.39, 0.29) is 34.6 Å². The van der Waals surface area contributed by atoms with Gasteiger partial charge in [-0.2, -0.15) is 0 Å². The van der Waals surface area contributed by atoms with Gasteiger partial charge in [0.05, 0.1) is 11.1 Å². The van der Waals surface area contributed by atoms with Crippen molar-refractivity contribution < 1.29 is 9.90 Å². The second kappa shape index (κ2) is 9.74. The molecule has 1 amide bonds. The van der Waals surface area contributed by atoms with Crippen molar-refractivity contribution in [1.29, 1.82) is 0 Å². The number of nitrogens with zero attached hydrogens (tertiary/aromatic N) is 1. The van der Waals surface area contributed by atoms with Crippen molar-refractivity contribution in [3.05, 3.63) is 69.2 Å². The van der Waals surface area contributed by atoms with Crippen molar-refractivity contribution in [3.63, 3.8) is 0 Å². The number of rotatable bonds is 7. The van der Waals surface area contributed by atoms with E-state index in [2.05, 4.69) is 41.5 Å². The van der Waals surface area contributed by atoms with Crippen molar-refractivity contribution in [3.8, 4) is 5.75 Å². The zero-order valence-corrected chi connectivity index (χ0v) is 19.9. The molecule has 0 saturated carbocycles. The molecule has 7 heteroatoms. The summed E-state index contributed by atoms with van der Waals surface area (Å²) in [5.41, 5.74) is 3.42. The number of benzene rings is 2. The molecule has 0 bridgehead atoms. The maximum atomic E-state index is 12.8. The molecule has 1 aliphatic carbocycles. The number of carbonyl (C=O) groups excluding carboxylic acids is 1. The maximum absolute atomic E-state index is 12.8. The van der Waals surface area contributed by atoms with E-state index < -0.39 is 0 Å². The van der Waals surface area contributed by atoms with Crippen molar-refractivity contribution in [2.24, 2.45) is 5.92 Å². The lowest BCUT2D eigenvalue weighted by molar-refractivity contribution is 0.0948. The third-order valence-corrected chi connectivity index (χ3v) is 7.13. The molecule has 3 unspecified atom stereocenters. The molecule has 1 aliphatic heterocycles. The van der Waals surface area contributed by atoms with Crippen LogP contribution in [0.3, 0.4) is 0 Å². The summed E-state index contributed by atoms with van der Waals surface area (Å²) < 4.78 is 0. The molecule has 0 aromatic heterocycles. The van der Waals surface area contributed by atoms with Gasteiger partial charge < -0.3 is 20.6 Å². The molecule has 0 saturated heterocycles. The molecule has 2 aliphatic rings. The van der Waals surface area contributed by atoms with Crippen LogP contribution in [-0.4, -0.2) is 42.1 Å². The van der Waals surface area contributed by atoms with Gasteiger partial charge in [-0.1, -0.05) is 49.2 Å². The summed E-state index contributed by atoms with van der Waals surface area (Å²) in [6.07, 6.45) is 5.23. The smallest absolute Gasteiger partial charge is 0.251 e. The number of likely N-dealkylation sites (N-methyl/N-ethyl adjacent to an activating group) is 1. The third kappa shape index (κ3) is 4.47. The van der Waals surface area contributed by atoms with E-state index in [4.69, 9.17) is 23.2 Å². The van der Waals surface area contributed by atoms with E-state index in [0.29, 0.717) is 22.7 Å².